The first-order chi connectivity index (χ1) is 10.1. The van der Waals surface area contributed by atoms with Crippen molar-refractivity contribution in [1.29, 1.82) is 0 Å². The Kier molecular flexibility index (Phi) is 6.85. The second kappa shape index (κ2) is 8.65. The van der Waals surface area contributed by atoms with Crippen LogP contribution in [0, 0.1) is 0 Å². The molecular formula is C18H28ClNO. The third-order valence-electron chi connectivity index (χ3n) is 4.06. The van der Waals surface area contributed by atoms with Gasteiger partial charge >= 0.3 is 0 Å². The van der Waals surface area contributed by atoms with Gasteiger partial charge in [-0.15, -0.1) is 0 Å². The van der Waals surface area contributed by atoms with Gasteiger partial charge in [-0.05, 0) is 44.4 Å². The van der Waals surface area contributed by atoms with E-state index in [-0.39, 0.29) is 6.10 Å². The predicted molar refractivity (Wildman–Crippen MR) is 90.2 cm³/mol. The third-order valence-corrected chi connectivity index (χ3v) is 4.35. The molecule has 1 aromatic carbocycles. The van der Waals surface area contributed by atoms with Crippen molar-refractivity contribution in [1.82, 2.24) is 5.32 Å². The smallest absolute Gasteiger partial charge is 0.138 e. The van der Waals surface area contributed by atoms with Crippen molar-refractivity contribution in [2.75, 3.05) is 0 Å². The molecule has 1 aliphatic carbocycles. The second-order valence-corrected chi connectivity index (χ2v) is 6.76. The fourth-order valence-electron chi connectivity index (χ4n) is 2.93. The van der Waals surface area contributed by atoms with E-state index in [2.05, 4.69) is 11.4 Å². The van der Waals surface area contributed by atoms with Gasteiger partial charge in [0.05, 0.1) is 11.1 Å². The number of nitrogens with one attached hydrogen (secondary N) is 1. The molecule has 0 heterocycles. The SMILES string of the molecule is CC(C)Oc1ccc(CNC2CCCCCCC2)cc1Cl. The van der Waals surface area contributed by atoms with E-state index in [1.54, 1.807) is 0 Å². The molecule has 1 saturated carbocycles. The minimum Gasteiger partial charge on any atom is -0.489 e. The zero-order chi connectivity index (χ0) is 15.1. The van der Waals surface area contributed by atoms with Crippen LogP contribution in [0.4, 0.5) is 0 Å². The molecule has 0 amide bonds. The molecule has 0 aliphatic heterocycles. The third kappa shape index (κ3) is 5.88. The van der Waals surface area contributed by atoms with Gasteiger partial charge in [0, 0.05) is 12.6 Å². The van der Waals surface area contributed by atoms with Gasteiger partial charge in [-0.1, -0.05) is 49.8 Å². The Morgan fingerprint density at radius 1 is 1.14 bits per heavy atom. The molecule has 0 saturated heterocycles. The van der Waals surface area contributed by atoms with Crippen LogP contribution in [0.2, 0.25) is 5.02 Å². The molecule has 1 fully saturated rings. The number of rotatable bonds is 5. The van der Waals surface area contributed by atoms with Gasteiger partial charge in [0.1, 0.15) is 5.75 Å². The number of ether oxygens (including phenoxy) is 1. The standard InChI is InChI=1S/C18H28ClNO/c1-14(2)21-18-11-10-15(12-17(18)19)13-20-16-8-6-4-3-5-7-9-16/h10-12,14,16,20H,3-9,13H2,1-2H3. The zero-order valence-corrected chi connectivity index (χ0v) is 14.1. The lowest BCUT2D eigenvalue weighted by molar-refractivity contribution is 0.242. The normalized spacial score (nSPS) is 17.5. The maximum atomic E-state index is 6.29. The van der Waals surface area contributed by atoms with Gasteiger partial charge in [-0.25, -0.2) is 0 Å². The van der Waals surface area contributed by atoms with Crippen LogP contribution < -0.4 is 10.1 Å². The van der Waals surface area contributed by atoms with Crippen LogP contribution in [0.1, 0.15) is 64.4 Å². The summed E-state index contributed by atoms with van der Waals surface area (Å²) in [5, 5.41) is 4.40. The molecule has 2 nitrogen and oxygen atoms in total. The van der Waals surface area contributed by atoms with Crippen LogP contribution >= 0.6 is 11.6 Å². The van der Waals surface area contributed by atoms with Crippen LogP contribution in [-0.2, 0) is 6.54 Å². The number of hydrogen-bond donors (Lipinski definition) is 1. The van der Waals surface area contributed by atoms with Gasteiger partial charge in [0.25, 0.3) is 0 Å². The van der Waals surface area contributed by atoms with Crippen molar-refractivity contribution in [3.63, 3.8) is 0 Å². The van der Waals surface area contributed by atoms with Crippen molar-refractivity contribution >= 4 is 11.6 Å². The van der Waals surface area contributed by atoms with E-state index in [1.807, 2.05) is 26.0 Å². The van der Waals surface area contributed by atoms with Crippen LogP contribution in [0.15, 0.2) is 18.2 Å². The molecule has 3 heteroatoms. The molecule has 1 N–H and O–H groups in total. The van der Waals surface area contributed by atoms with E-state index in [1.165, 1.54) is 50.5 Å². The van der Waals surface area contributed by atoms with Gasteiger partial charge in [0.15, 0.2) is 0 Å². The first-order valence-electron chi connectivity index (χ1n) is 8.33. The summed E-state index contributed by atoms with van der Waals surface area (Å²) in [6.45, 7) is 4.92. The van der Waals surface area contributed by atoms with Crippen molar-refractivity contribution in [2.24, 2.45) is 0 Å². The molecule has 0 bridgehead atoms. The molecule has 1 aromatic rings. The Bertz CT molecular complexity index is 425. The van der Waals surface area contributed by atoms with E-state index >= 15 is 0 Å². The van der Waals surface area contributed by atoms with Gasteiger partial charge in [0.2, 0.25) is 0 Å². The van der Waals surface area contributed by atoms with E-state index < -0.39 is 0 Å². The Morgan fingerprint density at radius 3 is 2.43 bits per heavy atom. The summed E-state index contributed by atoms with van der Waals surface area (Å²) in [6, 6.07) is 6.78. The number of halogens is 1. The summed E-state index contributed by atoms with van der Waals surface area (Å²) in [5.41, 5.74) is 1.23. The summed E-state index contributed by atoms with van der Waals surface area (Å²) < 4.78 is 5.67. The van der Waals surface area contributed by atoms with E-state index in [0.29, 0.717) is 11.1 Å². The van der Waals surface area contributed by atoms with Gasteiger partial charge < -0.3 is 10.1 Å². The summed E-state index contributed by atoms with van der Waals surface area (Å²) in [4.78, 5) is 0. The molecule has 0 spiro atoms. The maximum absolute atomic E-state index is 6.29. The topological polar surface area (TPSA) is 21.3 Å². The summed E-state index contributed by atoms with van der Waals surface area (Å²) in [7, 11) is 0. The molecule has 0 atom stereocenters. The molecule has 0 unspecified atom stereocenters. The fourth-order valence-corrected chi connectivity index (χ4v) is 3.17. The molecule has 2 rings (SSSR count). The first-order valence-corrected chi connectivity index (χ1v) is 8.71. The summed E-state index contributed by atoms with van der Waals surface area (Å²) >= 11 is 6.29. The Balaban J connectivity index is 1.86. The monoisotopic (exact) mass is 309 g/mol. The van der Waals surface area contributed by atoms with Crippen LogP contribution in [0.3, 0.4) is 0 Å². The highest BCUT2D eigenvalue weighted by Crippen LogP contribution is 2.26. The lowest BCUT2D eigenvalue weighted by Crippen LogP contribution is -2.29. The van der Waals surface area contributed by atoms with Crippen LogP contribution in [-0.4, -0.2) is 12.1 Å². The van der Waals surface area contributed by atoms with Crippen LogP contribution in [0.25, 0.3) is 0 Å². The second-order valence-electron chi connectivity index (χ2n) is 6.35. The van der Waals surface area contributed by atoms with E-state index in [9.17, 15) is 0 Å². The summed E-state index contributed by atoms with van der Waals surface area (Å²) in [6.07, 6.45) is 9.70. The largest absolute Gasteiger partial charge is 0.489 e. The zero-order valence-electron chi connectivity index (χ0n) is 13.3. The molecule has 21 heavy (non-hydrogen) atoms. The van der Waals surface area contributed by atoms with Gasteiger partial charge in [-0.2, -0.15) is 0 Å². The predicted octanol–water partition coefficient (Wildman–Crippen LogP) is 5.33. The van der Waals surface area contributed by atoms with E-state index in [4.69, 9.17) is 16.3 Å². The lowest BCUT2D eigenvalue weighted by Gasteiger charge is -2.21. The highest BCUT2D eigenvalue weighted by Gasteiger charge is 2.11. The van der Waals surface area contributed by atoms with Crippen LogP contribution in [0.5, 0.6) is 5.75 Å². The van der Waals surface area contributed by atoms with Crippen molar-refractivity contribution in [2.45, 2.75) is 77.5 Å². The Morgan fingerprint density at radius 2 is 1.81 bits per heavy atom. The quantitative estimate of drug-likeness (QED) is 0.793. The van der Waals surface area contributed by atoms with Gasteiger partial charge in [-0.3, -0.25) is 0 Å². The minimum absolute atomic E-state index is 0.154. The molecule has 1 aliphatic rings. The molecular weight excluding hydrogens is 282 g/mol. The van der Waals surface area contributed by atoms with Crippen molar-refractivity contribution in [3.05, 3.63) is 28.8 Å². The van der Waals surface area contributed by atoms with Crippen molar-refractivity contribution < 1.29 is 4.74 Å². The molecule has 0 aromatic heterocycles. The number of benzene rings is 1. The van der Waals surface area contributed by atoms with Crippen molar-refractivity contribution in [3.8, 4) is 5.75 Å². The average molecular weight is 310 g/mol. The molecule has 118 valence electrons. The minimum atomic E-state index is 0.154. The maximum Gasteiger partial charge on any atom is 0.138 e. The highest BCUT2D eigenvalue weighted by atomic mass is 35.5. The molecule has 0 radical (unpaired) electrons. The Labute approximate surface area is 134 Å². The fraction of sp³-hybridized carbons (Fsp3) is 0.667. The number of hydrogen-bond acceptors (Lipinski definition) is 2. The lowest BCUT2D eigenvalue weighted by atomic mass is 9.96. The van der Waals surface area contributed by atoms with E-state index in [0.717, 1.165) is 12.3 Å². The Hall–Kier alpha value is -0.730. The highest BCUT2D eigenvalue weighted by molar-refractivity contribution is 6.32. The average Bonchev–Trinajstić information content (AvgIpc) is 2.40. The first kappa shape index (κ1) is 16.6. The summed E-state index contributed by atoms with van der Waals surface area (Å²) in [5.74, 6) is 0.779.